The molecule has 0 spiro atoms. The Kier molecular flexibility index (Phi) is 7.35. The zero-order valence-electron chi connectivity index (χ0n) is 21.0. The maximum absolute atomic E-state index is 13.2. The summed E-state index contributed by atoms with van der Waals surface area (Å²) in [6, 6.07) is 13.9. The van der Waals surface area contributed by atoms with Gasteiger partial charge in [-0.05, 0) is 86.2 Å². The number of carbonyl (C=O) groups excluding carboxylic acids is 1. The minimum atomic E-state index is -3.92. The van der Waals surface area contributed by atoms with Crippen molar-refractivity contribution in [3.63, 3.8) is 0 Å². The summed E-state index contributed by atoms with van der Waals surface area (Å²) in [5.41, 5.74) is 2.52. The fourth-order valence-corrected chi connectivity index (χ4v) is 6.25. The van der Waals surface area contributed by atoms with E-state index >= 15 is 0 Å². The predicted octanol–water partition coefficient (Wildman–Crippen LogP) is 4.87. The number of pyridine rings is 1. The lowest BCUT2D eigenvalue weighted by atomic mass is 10.1. The molecule has 0 bridgehead atoms. The van der Waals surface area contributed by atoms with Gasteiger partial charge in [-0.25, -0.2) is 30.8 Å². The molecule has 7 nitrogen and oxygen atoms in total. The zero-order valence-corrected chi connectivity index (χ0v) is 21.8. The summed E-state index contributed by atoms with van der Waals surface area (Å²) in [4.78, 5) is 15.2. The number of hydrogen-bond acceptors (Lipinski definition) is 5. The Labute approximate surface area is 224 Å². The number of halogens is 3. The molecule has 2 aromatic carbocycles. The van der Waals surface area contributed by atoms with Crippen LogP contribution in [0.3, 0.4) is 0 Å². The zero-order chi connectivity index (χ0) is 27.6. The summed E-state index contributed by atoms with van der Waals surface area (Å²) in [7, 11) is -3.92. The molecule has 4 aromatic rings. The van der Waals surface area contributed by atoms with Gasteiger partial charge >= 0.3 is 0 Å². The van der Waals surface area contributed by atoms with Crippen LogP contribution in [0.2, 0.25) is 0 Å². The van der Waals surface area contributed by atoms with Crippen LogP contribution in [0.1, 0.15) is 41.6 Å². The van der Waals surface area contributed by atoms with E-state index in [1.165, 1.54) is 18.3 Å². The van der Waals surface area contributed by atoms with E-state index in [2.05, 4.69) is 14.7 Å². The molecule has 0 radical (unpaired) electrons. The normalized spacial score (nSPS) is 16.0. The van der Waals surface area contributed by atoms with Gasteiger partial charge in [0.2, 0.25) is 10.0 Å². The molecule has 1 aliphatic heterocycles. The number of fused-ring (bicyclic) bond motifs is 1. The Bertz CT molecular complexity index is 1560. The van der Waals surface area contributed by atoms with E-state index < -0.39 is 32.3 Å². The number of nitrogens with one attached hydrogen (secondary N) is 1. The predicted molar refractivity (Wildman–Crippen MR) is 141 cm³/mol. The molecule has 0 unspecified atom stereocenters. The number of rotatable bonds is 6. The standard InChI is InChI=1S/C22H23FN4O3S.C6H4F2/c23-17-5-3-16(4-6-17)14-22(8-9-22)31(29,30)25-21(28)19-15-24-27-12-7-18(13-20(19)27)26-10-1-2-11-26;7-5-1-2-6(8)4-3-5/h3-7,12-13,15H,1-2,8-11,14H2,(H,25,28);1-4H. The third-order valence-corrected chi connectivity index (χ3v) is 9.22. The molecule has 1 aliphatic carbocycles. The molecular weight excluding hydrogens is 529 g/mol. The topological polar surface area (TPSA) is 83.8 Å². The number of carbonyl (C=O) groups is 1. The van der Waals surface area contributed by atoms with Gasteiger partial charge in [-0.2, -0.15) is 5.10 Å². The largest absolute Gasteiger partial charge is 0.371 e. The van der Waals surface area contributed by atoms with Crippen LogP contribution in [-0.2, 0) is 16.4 Å². The summed E-state index contributed by atoms with van der Waals surface area (Å²) >= 11 is 0. The van der Waals surface area contributed by atoms with E-state index in [4.69, 9.17) is 0 Å². The number of benzene rings is 2. The van der Waals surface area contributed by atoms with E-state index in [0.29, 0.717) is 18.4 Å². The number of sulfonamides is 1. The average molecular weight is 557 g/mol. The van der Waals surface area contributed by atoms with Crippen molar-refractivity contribution < 1.29 is 26.4 Å². The van der Waals surface area contributed by atoms with Crippen LogP contribution in [0.15, 0.2) is 73.1 Å². The van der Waals surface area contributed by atoms with E-state index in [1.54, 1.807) is 22.8 Å². The van der Waals surface area contributed by atoms with Gasteiger partial charge in [-0.15, -0.1) is 0 Å². The smallest absolute Gasteiger partial charge is 0.268 e. The second-order valence-electron chi connectivity index (χ2n) is 9.82. The van der Waals surface area contributed by atoms with Crippen molar-refractivity contribution in [3.8, 4) is 0 Å². The Balaban J connectivity index is 0.000000332. The van der Waals surface area contributed by atoms with Gasteiger partial charge in [-0.3, -0.25) is 4.79 Å². The average Bonchev–Trinajstić information content (AvgIpc) is 3.32. The Morgan fingerprint density at radius 2 is 1.46 bits per heavy atom. The van der Waals surface area contributed by atoms with Crippen LogP contribution in [0, 0.1) is 17.5 Å². The van der Waals surface area contributed by atoms with E-state index in [0.717, 1.165) is 61.4 Å². The second kappa shape index (κ2) is 10.7. The maximum atomic E-state index is 13.2. The van der Waals surface area contributed by atoms with Crippen LogP contribution >= 0.6 is 0 Å². The molecule has 2 aromatic heterocycles. The van der Waals surface area contributed by atoms with Crippen molar-refractivity contribution in [3.05, 3.63) is 102 Å². The quantitative estimate of drug-likeness (QED) is 0.366. The number of aromatic nitrogens is 2. The highest BCUT2D eigenvalue weighted by Crippen LogP contribution is 2.46. The van der Waals surface area contributed by atoms with Gasteiger partial charge < -0.3 is 4.90 Å². The van der Waals surface area contributed by atoms with Gasteiger partial charge in [0, 0.05) is 25.0 Å². The molecular formula is C28H27F3N4O3S. The lowest BCUT2D eigenvalue weighted by Gasteiger charge is -2.18. The molecule has 39 heavy (non-hydrogen) atoms. The summed E-state index contributed by atoms with van der Waals surface area (Å²) in [6.45, 7) is 1.93. The molecule has 2 fully saturated rings. The van der Waals surface area contributed by atoms with Crippen molar-refractivity contribution in [2.45, 2.75) is 36.9 Å². The van der Waals surface area contributed by atoms with E-state index in [9.17, 15) is 26.4 Å². The van der Waals surface area contributed by atoms with E-state index in [1.807, 2.05) is 12.1 Å². The highest BCUT2D eigenvalue weighted by molar-refractivity contribution is 7.91. The van der Waals surface area contributed by atoms with Crippen molar-refractivity contribution in [2.24, 2.45) is 0 Å². The van der Waals surface area contributed by atoms with Gasteiger partial charge in [0.15, 0.2) is 0 Å². The minimum absolute atomic E-state index is 0.224. The molecule has 11 heteroatoms. The summed E-state index contributed by atoms with van der Waals surface area (Å²) in [5.74, 6) is -1.87. The lowest BCUT2D eigenvalue weighted by molar-refractivity contribution is 0.0982. The first kappa shape index (κ1) is 26.7. The molecule has 3 heterocycles. The fourth-order valence-electron chi connectivity index (χ4n) is 4.69. The Morgan fingerprint density at radius 1 is 0.897 bits per heavy atom. The SMILES string of the molecule is Fc1ccc(F)cc1.O=C(NS(=O)(=O)C1(Cc2ccc(F)cc2)CC1)c1cnn2ccc(N3CCCC3)cc12. The number of hydrogen-bond donors (Lipinski definition) is 1. The lowest BCUT2D eigenvalue weighted by Crippen LogP contribution is -2.41. The first-order valence-electron chi connectivity index (χ1n) is 12.6. The van der Waals surface area contributed by atoms with Crippen LogP contribution in [0.5, 0.6) is 0 Å². The Hall–Kier alpha value is -3.86. The first-order valence-corrected chi connectivity index (χ1v) is 14.1. The van der Waals surface area contributed by atoms with Crippen molar-refractivity contribution >= 4 is 27.1 Å². The highest BCUT2D eigenvalue weighted by Gasteiger charge is 2.55. The van der Waals surface area contributed by atoms with Crippen LogP contribution in [0.25, 0.3) is 5.52 Å². The summed E-state index contributed by atoms with van der Waals surface area (Å²) in [6.07, 6.45) is 6.60. The molecule has 6 rings (SSSR count). The van der Waals surface area contributed by atoms with Crippen LogP contribution in [0.4, 0.5) is 18.9 Å². The van der Waals surface area contributed by atoms with E-state index in [-0.39, 0.29) is 17.8 Å². The Morgan fingerprint density at radius 3 is 2.03 bits per heavy atom. The second-order valence-corrected chi connectivity index (χ2v) is 11.9. The third kappa shape index (κ3) is 5.93. The molecule has 0 atom stereocenters. The first-order chi connectivity index (χ1) is 18.7. The third-order valence-electron chi connectivity index (χ3n) is 7.07. The van der Waals surface area contributed by atoms with Crippen LogP contribution < -0.4 is 9.62 Å². The maximum Gasteiger partial charge on any atom is 0.268 e. The molecule has 2 aliphatic rings. The summed E-state index contributed by atoms with van der Waals surface area (Å²) in [5, 5.41) is 4.20. The van der Waals surface area contributed by atoms with Crippen molar-refractivity contribution in [1.82, 2.24) is 14.3 Å². The minimum Gasteiger partial charge on any atom is -0.371 e. The van der Waals surface area contributed by atoms with Crippen molar-refractivity contribution in [1.29, 1.82) is 0 Å². The number of amides is 1. The van der Waals surface area contributed by atoms with Gasteiger partial charge in [0.1, 0.15) is 17.5 Å². The molecule has 1 saturated heterocycles. The monoisotopic (exact) mass is 556 g/mol. The van der Waals surface area contributed by atoms with Gasteiger partial charge in [0.05, 0.1) is 22.0 Å². The molecule has 204 valence electrons. The van der Waals surface area contributed by atoms with Crippen molar-refractivity contribution in [2.75, 3.05) is 18.0 Å². The van der Waals surface area contributed by atoms with Gasteiger partial charge in [0.25, 0.3) is 5.91 Å². The molecule has 1 amide bonds. The highest BCUT2D eigenvalue weighted by atomic mass is 32.2. The number of anilines is 1. The molecule has 1 saturated carbocycles. The number of nitrogens with zero attached hydrogens (tertiary/aromatic N) is 3. The van der Waals surface area contributed by atoms with Crippen LogP contribution in [-0.4, -0.2) is 41.8 Å². The molecule has 1 N–H and O–H groups in total. The van der Waals surface area contributed by atoms with Gasteiger partial charge in [-0.1, -0.05) is 12.1 Å². The summed E-state index contributed by atoms with van der Waals surface area (Å²) < 4.78 is 65.9. The fraction of sp³-hybridized carbons (Fsp3) is 0.286.